The lowest BCUT2D eigenvalue weighted by molar-refractivity contribution is 0.171. The Morgan fingerprint density at radius 2 is 2.00 bits per heavy atom. The van der Waals surface area contributed by atoms with Crippen LogP contribution in [-0.2, 0) is 13.0 Å². The second-order valence-corrected chi connectivity index (χ2v) is 5.17. The topological polar surface area (TPSA) is 43.4 Å². The number of rotatable bonds is 5. The fourth-order valence-electron chi connectivity index (χ4n) is 2.39. The van der Waals surface area contributed by atoms with Crippen LogP contribution in [0.1, 0.15) is 16.8 Å². The summed E-state index contributed by atoms with van der Waals surface area (Å²) in [4.78, 5) is 4.38. The van der Waals surface area contributed by atoms with Gasteiger partial charge in [-0.2, -0.15) is 0 Å². The van der Waals surface area contributed by atoms with Gasteiger partial charge in [0.25, 0.3) is 0 Å². The standard InChI is InChI=1S/C17H20N2O2/c1-13-3-2-7-19-15(13)12-18-8-6-14-4-5-16-17(11-14)21-10-9-20-16/h2-5,7,11,18H,6,8-10,12H2,1H3. The van der Waals surface area contributed by atoms with Crippen LogP contribution >= 0.6 is 0 Å². The molecule has 1 aromatic carbocycles. The van der Waals surface area contributed by atoms with E-state index in [-0.39, 0.29) is 0 Å². The van der Waals surface area contributed by atoms with Gasteiger partial charge in [0, 0.05) is 12.7 Å². The zero-order valence-electron chi connectivity index (χ0n) is 12.3. The van der Waals surface area contributed by atoms with Crippen LogP contribution in [0.2, 0.25) is 0 Å². The van der Waals surface area contributed by atoms with Gasteiger partial charge in [-0.1, -0.05) is 12.1 Å². The Morgan fingerprint density at radius 3 is 2.86 bits per heavy atom. The van der Waals surface area contributed by atoms with E-state index in [2.05, 4.69) is 35.4 Å². The quantitative estimate of drug-likeness (QED) is 0.857. The van der Waals surface area contributed by atoms with Crippen molar-refractivity contribution in [3.8, 4) is 11.5 Å². The van der Waals surface area contributed by atoms with E-state index in [0.29, 0.717) is 13.2 Å². The van der Waals surface area contributed by atoms with Crippen molar-refractivity contribution in [3.63, 3.8) is 0 Å². The first-order valence-corrected chi connectivity index (χ1v) is 7.32. The predicted molar refractivity (Wildman–Crippen MR) is 81.8 cm³/mol. The minimum atomic E-state index is 0.633. The average molecular weight is 284 g/mol. The molecule has 0 amide bonds. The Hall–Kier alpha value is -2.07. The number of fused-ring (bicyclic) bond motifs is 1. The molecule has 0 atom stereocenters. The number of nitrogens with zero attached hydrogens (tertiary/aromatic N) is 1. The van der Waals surface area contributed by atoms with E-state index in [0.717, 1.165) is 36.7 Å². The van der Waals surface area contributed by atoms with E-state index in [1.54, 1.807) is 0 Å². The number of hydrogen-bond acceptors (Lipinski definition) is 4. The summed E-state index contributed by atoms with van der Waals surface area (Å²) in [5, 5.41) is 3.44. The first-order valence-electron chi connectivity index (χ1n) is 7.32. The second-order valence-electron chi connectivity index (χ2n) is 5.17. The molecule has 1 aliphatic rings. The van der Waals surface area contributed by atoms with Crippen molar-refractivity contribution in [2.24, 2.45) is 0 Å². The maximum atomic E-state index is 5.60. The lowest BCUT2D eigenvalue weighted by Gasteiger charge is -2.18. The molecule has 0 aliphatic carbocycles. The molecular weight excluding hydrogens is 264 g/mol. The van der Waals surface area contributed by atoms with Crippen LogP contribution in [0.5, 0.6) is 11.5 Å². The third-order valence-electron chi connectivity index (χ3n) is 3.61. The van der Waals surface area contributed by atoms with Crippen LogP contribution in [0.15, 0.2) is 36.5 Å². The Morgan fingerprint density at radius 1 is 1.14 bits per heavy atom. The van der Waals surface area contributed by atoms with Crippen molar-refractivity contribution < 1.29 is 9.47 Å². The van der Waals surface area contributed by atoms with Crippen LogP contribution in [-0.4, -0.2) is 24.7 Å². The van der Waals surface area contributed by atoms with Crippen molar-refractivity contribution in [2.75, 3.05) is 19.8 Å². The number of ether oxygens (including phenoxy) is 2. The highest BCUT2D eigenvalue weighted by molar-refractivity contribution is 5.43. The SMILES string of the molecule is Cc1cccnc1CNCCc1ccc2c(c1)OCCO2. The summed E-state index contributed by atoms with van der Waals surface area (Å²) in [5.74, 6) is 1.71. The zero-order valence-corrected chi connectivity index (χ0v) is 12.3. The van der Waals surface area contributed by atoms with E-state index >= 15 is 0 Å². The molecule has 0 saturated heterocycles. The fourth-order valence-corrected chi connectivity index (χ4v) is 2.39. The van der Waals surface area contributed by atoms with E-state index in [1.165, 1.54) is 11.1 Å². The molecule has 110 valence electrons. The third kappa shape index (κ3) is 3.52. The van der Waals surface area contributed by atoms with Gasteiger partial charge in [0.05, 0.1) is 5.69 Å². The zero-order chi connectivity index (χ0) is 14.5. The first-order chi connectivity index (χ1) is 10.3. The van der Waals surface area contributed by atoms with Crippen LogP contribution in [0.25, 0.3) is 0 Å². The van der Waals surface area contributed by atoms with E-state index in [4.69, 9.17) is 9.47 Å². The Balaban J connectivity index is 1.50. The van der Waals surface area contributed by atoms with Crippen molar-refractivity contribution in [2.45, 2.75) is 19.9 Å². The molecule has 0 spiro atoms. The highest BCUT2D eigenvalue weighted by atomic mass is 16.6. The summed E-state index contributed by atoms with van der Waals surface area (Å²) in [6.07, 6.45) is 2.80. The molecule has 2 heterocycles. The van der Waals surface area contributed by atoms with Crippen LogP contribution in [0.4, 0.5) is 0 Å². The minimum Gasteiger partial charge on any atom is -0.486 e. The smallest absolute Gasteiger partial charge is 0.161 e. The minimum absolute atomic E-state index is 0.633. The van der Waals surface area contributed by atoms with Crippen molar-refractivity contribution in [1.29, 1.82) is 0 Å². The maximum absolute atomic E-state index is 5.60. The van der Waals surface area contributed by atoms with Crippen LogP contribution < -0.4 is 14.8 Å². The molecule has 1 aliphatic heterocycles. The lowest BCUT2D eigenvalue weighted by Crippen LogP contribution is -2.18. The average Bonchev–Trinajstić information content (AvgIpc) is 2.53. The monoisotopic (exact) mass is 284 g/mol. The molecular formula is C17H20N2O2. The van der Waals surface area contributed by atoms with Gasteiger partial charge < -0.3 is 14.8 Å². The number of pyridine rings is 1. The molecule has 0 saturated carbocycles. The summed E-state index contributed by atoms with van der Waals surface area (Å²) in [6, 6.07) is 10.2. The van der Waals surface area contributed by atoms with Crippen molar-refractivity contribution >= 4 is 0 Å². The highest BCUT2D eigenvalue weighted by Crippen LogP contribution is 2.30. The van der Waals surface area contributed by atoms with Crippen LogP contribution in [0.3, 0.4) is 0 Å². The van der Waals surface area contributed by atoms with Gasteiger partial charge in [0.15, 0.2) is 11.5 Å². The highest BCUT2D eigenvalue weighted by Gasteiger charge is 2.11. The van der Waals surface area contributed by atoms with Crippen LogP contribution in [0, 0.1) is 6.92 Å². The summed E-state index contributed by atoms with van der Waals surface area (Å²) in [6.45, 7) is 5.07. The first kappa shape index (κ1) is 13.9. The number of aromatic nitrogens is 1. The van der Waals surface area contributed by atoms with Gasteiger partial charge in [-0.3, -0.25) is 4.98 Å². The largest absolute Gasteiger partial charge is 0.486 e. The van der Waals surface area contributed by atoms with Crippen molar-refractivity contribution in [3.05, 3.63) is 53.3 Å². The van der Waals surface area contributed by atoms with Gasteiger partial charge in [-0.05, 0) is 49.2 Å². The second kappa shape index (κ2) is 6.59. The Kier molecular flexibility index (Phi) is 4.36. The van der Waals surface area contributed by atoms with Gasteiger partial charge in [0.1, 0.15) is 13.2 Å². The van der Waals surface area contributed by atoms with E-state index in [9.17, 15) is 0 Å². The Bertz CT molecular complexity index is 613. The maximum Gasteiger partial charge on any atom is 0.161 e. The predicted octanol–water partition coefficient (Wildman–Crippen LogP) is 2.49. The molecule has 4 heteroatoms. The molecule has 0 bridgehead atoms. The summed E-state index contributed by atoms with van der Waals surface area (Å²) < 4.78 is 11.1. The Labute approximate surface area is 125 Å². The molecule has 0 radical (unpaired) electrons. The molecule has 3 rings (SSSR count). The molecule has 0 fully saturated rings. The summed E-state index contributed by atoms with van der Waals surface area (Å²) >= 11 is 0. The number of hydrogen-bond donors (Lipinski definition) is 1. The fraction of sp³-hybridized carbons (Fsp3) is 0.353. The van der Waals surface area contributed by atoms with Gasteiger partial charge in [0.2, 0.25) is 0 Å². The molecule has 4 nitrogen and oxygen atoms in total. The molecule has 2 aromatic rings. The molecule has 1 aromatic heterocycles. The van der Waals surface area contributed by atoms with Crippen molar-refractivity contribution in [1.82, 2.24) is 10.3 Å². The van der Waals surface area contributed by atoms with Gasteiger partial charge in [-0.15, -0.1) is 0 Å². The summed E-state index contributed by atoms with van der Waals surface area (Å²) in [7, 11) is 0. The summed E-state index contributed by atoms with van der Waals surface area (Å²) in [5.41, 5.74) is 3.59. The number of benzene rings is 1. The lowest BCUT2D eigenvalue weighted by atomic mass is 10.1. The number of nitrogens with one attached hydrogen (secondary N) is 1. The number of aryl methyl sites for hydroxylation is 1. The third-order valence-corrected chi connectivity index (χ3v) is 3.61. The molecule has 0 unspecified atom stereocenters. The van der Waals surface area contributed by atoms with Gasteiger partial charge >= 0.3 is 0 Å². The molecule has 1 N–H and O–H groups in total. The van der Waals surface area contributed by atoms with E-state index in [1.807, 2.05) is 18.3 Å². The normalized spacial score (nSPS) is 13.2. The van der Waals surface area contributed by atoms with E-state index < -0.39 is 0 Å². The molecule has 21 heavy (non-hydrogen) atoms. The van der Waals surface area contributed by atoms with Gasteiger partial charge in [-0.25, -0.2) is 0 Å².